The Morgan fingerprint density at radius 1 is 1.15 bits per heavy atom. The molecule has 5 heteroatoms. The molecule has 4 aliphatic rings. The Hall–Kier alpha value is -1.07. The number of nitrogens with one attached hydrogen (secondary N) is 1. The summed E-state index contributed by atoms with van der Waals surface area (Å²) in [6.07, 6.45) is 8.20. The lowest BCUT2D eigenvalue weighted by Crippen LogP contribution is -2.63. The van der Waals surface area contributed by atoms with E-state index in [2.05, 4.69) is 31.3 Å². The SMILES string of the molecule is CC(C)(C)OC(=O)N[C@@H]1[C@@H](C/C=C\CC2OCCO2)C[C@H]2C[C@@H]1C2(C)C. The summed E-state index contributed by atoms with van der Waals surface area (Å²) in [5.74, 6) is 1.78. The molecule has 4 fully saturated rings. The molecule has 5 nitrogen and oxygen atoms in total. The van der Waals surface area contributed by atoms with Gasteiger partial charge in [-0.3, -0.25) is 0 Å². The second-order valence-electron chi connectivity index (χ2n) is 9.64. The highest BCUT2D eigenvalue weighted by Gasteiger charge is 2.57. The molecule has 0 aromatic carbocycles. The van der Waals surface area contributed by atoms with E-state index in [0.29, 0.717) is 30.5 Å². The molecule has 0 aromatic heterocycles. The maximum atomic E-state index is 12.4. The third kappa shape index (κ3) is 4.42. The van der Waals surface area contributed by atoms with Crippen LogP contribution in [0.1, 0.15) is 60.3 Å². The molecular weight excluding hydrogens is 330 g/mol. The Labute approximate surface area is 157 Å². The van der Waals surface area contributed by atoms with Gasteiger partial charge in [-0.2, -0.15) is 0 Å². The van der Waals surface area contributed by atoms with Gasteiger partial charge in [-0.25, -0.2) is 4.79 Å². The van der Waals surface area contributed by atoms with Gasteiger partial charge in [0, 0.05) is 12.5 Å². The van der Waals surface area contributed by atoms with Gasteiger partial charge in [-0.05, 0) is 63.2 Å². The summed E-state index contributed by atoms with van der Waals surface area (Å²) in [5, 5.41) is 3.21. The average molecular weight is 366 g/mol. The van der Waals surface area contributed by atoms with E-state index in [1.54, 1.807) is 0 Å². The van der Waals surface area contributed by atoms with Crippen molar-refractivity contribution < 1.29 is 19.0 Å². The lowest BCUT2D eigenvalue weighted by Gasteiger charge is -2.62. The molecule has 26 heavy (non-hydrogen) atoms. The minimum Gasteiger partial charge on any atom is -0.444 e. The van der Waals surface area contributed by atoms with Crippen LogP contribution in [-0.4, -0.2) is 37.2 Å². The minimum atomic E-state index is -0.465. The highest BCUT2D eigenvalue weighted by Crippen LogP contribution is 2.61. The van der Waals surface area contributed by atoms with Crippen molar-refractivity contribution in [2.45, 2.75) is 78.2 Å². The fourth-order valence-electron chi connectivity index (χ4n) is 4.83. The van der Waals surface area contributed by atoms with E-state index in [4.69, 9.17) is 14.2 Å². The monoisotopic (exact) mass is 365 g/mol. The van der Waals surface area contributed by atoms with Crippen LogP contribution in [0.15, 0.2) is 12.2 Å². The third-order valence-corrected chi connectivity index (χ3v) is 6.38. The van der Waals surface area contributed by atoms with Gasteiger partial charge < -0.3 is 19.5 Å². The predicted molar refractivity (Wildman–Crippen MR) is 101 cm³/mol. The summed E-state index contributed by atoms with van der Waals surface area (Å²) in [6.45, 7) is 11.8. The number of rotatable bonds is 5. The lowest BCUT2D eigenvalue weighted by molar-refractivity contribution is -0.113. The zero-order valence-electron chi connectivity index (χ0n) is 16.9. The number of allylic oxidation sites excluding steroid dienone is 1. The topological polar surface area (TPSA) is 56.8 Å². The zero-order chi connectivity index (χ0) is 18.9. The first-order chi connectivity index (χ1) is 12.2. The standard InChI is InChI=1S/C21H35NO4/c1-20(2,3)26-19(23)22-18-14(12-15-13-16(18)21(15,4)5)8-6-7-9-17-24-10-11-25-17/h6-7,14-18H,8-13H2,1-5H3,(H,22,23)/b7-6-/t14-,15-,16-,18+/m0/s1. The van der Waals surface area contributed by atoms with Crippen molar-refractivity contribution in [3.05, 3.63) is 12.2 Å². The van der Waals surface area contributed by atoms with Crippen molar-refractivity contribution in [2.24, 2.45) is 23.2 Å². The van der Waals surface area contributed by atoms with E-state index in [1.807, 2.05) is 20.8 Å². The predicted octanol–water partition coefficient (Wildman–Crippen LogP) is 4.27. The molecular formula is C21H35NO4. The van der Waals surface area contributed by atoms with Crippen molar-refractivity contribution in [3.63, 3.8) is 0 Å². The first kappa shape index (κ1) is 19.7. The fraction of sp³-hybridized carbons (Fsp3) is 0.857. The first-order valence-electron chi connectivity index (χ1n) is 10.0. The Morgan fingerprint density at radius 3 is 2.42 bits per heavy atom. The van der Waals surface area contributed by atoms with E-state index < -0.39 is 5.60 Å². The number of hydrogen-bond acceptors (Lipinski definition) is 4. The normalized spacial score (nSPS) is 33.9. The molecule has 0 unspecified atom stereocenters. The summed E-state index contributed by atoms with van der Waals surface area (Å²) < 4.78 is 16.5. The van der Waals surface area contributed by atoms with Crippen molar-refractivity contribution >= 4 is 6.09 Å². The van der Waals surface area contributed by atoms with Gasteiger partial charge in [0.2, 0.25) is 0 Å². The molecule has 1 heterocycles. The number of fused-ring (bicyclic) bond motifs is 2. The van der Waals surface area contributed by atoms with Crippen LogP contribution in [0.4, 0.5) is 4.79 Å². The minimum absolute atomic E-state index is 0.0828. The fourth-order valence-corrected chi connectivity index (χ4v) is 4.83. The van der Waals surface area contributed by atoms with Crippen LogP contribution in [-0.2, 0) is 14.2 Å². The summed E-state index contributed by atoms with van der Waals surface area (Å²) in [6, 6.07) is 0.188. The van der Waals surface area contributed by atoms with Crippen molar-refractivity contribution in [2.75, 3.05) is 13.2 Å². The summed E-state index contributed by atoms with van der Waals surface area (Å²) >= 11 is 0. The summed E-state index contributed by atoms with van der Waals surface area (Å²) in [7, 11) is 0. The van der Waals surface area contributed by atoms with Crippen LogP contribution in [0, 0.1) is 23.2 Å². The largest absolute Gasteiger partial charge is 0.444 e. The molecule has 1 saturated heterocycles. The van der Waals surface area contributed by atoms with Gasteiger partial charge in [0.1, 0.15) is 5.60 Å². The molecule has 0 radical (unpaired) electrons. The van der Waals surface area contributed by atoms with Crippen molar-refractivity contribution in [1.82, 2.24) is 5.32 Å². The number of amides is 1. The quantitative estimate of drug-likeness (QED) is 0.739. The van der Waals surface area contributed by atoms with Gasteiger partial charge >= 0.3 is 6.09 Å². The molecule has 2 bridgehead atoms. The van der Waals surface area contributed by atoms with E-state index in [9.17, 15) is 4.79 Å². The van der Waals surface area contributed by atoms with E-state index in [0.717, 1.165) is 18.8 Å². The number of hydrogen-bond donors (Lipinski definition) is 1. The average Bonchev–Trinajstić information content (AvgIpc) is 3.03. The lowest BCUT2D eigenvalue weighted by atomic mass is 9.44. The van der Waals surface area contributed by atoms with Crippen LogP contribution in [0.3, 0.4) is 0 Å². The zero-order valence-corrected chi connectivity index (χ0v) is 16.9. The van der Waals surface area contributed by atoms with Crippen LogP contribution in [0.5, 0.6) is 0 Å². The van der Waals surface area contributed by atoms with E-state index in [-0.39, 0.29) is 18.4 Å². The third-order valence-electron chi connectivity index (χ3n) is 6.38. The second kappa shape index (κ2) is 7.51. The molecule has 148 valence electrons. The Morgan fingerprint density at radius 2 is 1.81 bits per heavy atom. The van der Waals surface area contributed by atoms with Gasteiger partial charge in [-0.15, -0.1) is 0 Å². The maximum absolute atomic E-state index is 12.4. The summed E-state index contributed by atoms with van der Waals surface area (Å²) in [4.78, 5) is 12.4. The Bertz CT molecular complexity index is 531. The first-order valence-corrected chi connectivity index (χ1v) is 10.0. The van der Waals surface area contributed by atoms with E-state index >= 15 is 0 Å². The van der Waals surface area contributed by atoms with Crippen LogP contribution < -0.4 is 5.32 Å². The highest BCUT2D eigenvalue weighted by molar-refractivity contribution is 5.68. The van der Waals surface area contributed by atoms with Crippen molar-refractivity contribution in [3.8, 4) is 0 Å². The van der Waals surface area contributed by atoms with Gasteiger partial charge in [0.15, 0.2) is 6.29 Å². The maximum Gasteiger partial charge on any atom is 0.407 e. The number of carbonyl (C=O) groups excluding carboxylic acids is 1. The Balaban J connectivity index is 1.57. The molecule has 4 atom stereocenters. The molecule has 1 aliphatic heterocycles. The summed E-state index contributed by atoms with van der Waals surface area (Å²) in [5.41, 5.74) is -0.154. The van der Waals surface area contributed by atoms with Crippen molar-refractivity contribution in [1.29, 1.82) is 0 Å². The van der Waals surface area contributed by atoms with Gasteiger partial charge in [0.25, 0.3) is 0 Å². The van der Waals surface area contributed by atoms with Crippen LogP contribution in [0.25, 0.3) is 0 Å². The Kier molecular flexibility index (Phi) is 5.69. The van der Waals surface area contributed by atoms with Gasteiger partial charge in [-0.1, -0.05) is 26.0 Å². The molecule has 3 aliphatic carbocycles. The molecule has 1 amide bonds. The molecule has 0 spiro atoms. The molecule has 4 rings (SSSR count). The number of ether oxygens (including phenoxy) is 3. The van der Waals surface area contributed by atoms with Crippen LogP contribution in [0.2, 0.25) is 0 Å². The van der Waals surface area contributed by atoms with Gasteiger partial charge in [0.05, 0.1) is 13.2 Å². The van der Waals surface area contributed by atoms with Crippen LogP contribution >= 0.6 is 0 Å². The molecule has 1 N–H and O–H groups in total. The number of carbonyl (C=O) groups is 1. The smallest absolute Gasteiger partial charge is 0.407 e. The molecule has 3 saturated carbocycles. The molecule has 0 aromatic rings. The highest BCUT2D eigenvalue weighted by atomic mass is 16.7. The number of alkyl carbamates (subject to hydrolysis) is 1. The van der Waals surface area contributed by atoms with E-state index in [1.165, 1.54) is 12.8 Å². The second-order valence-corrected chi connectivity index (χ2v) is 9.64.